The lowest BCUT2D eigenvalue weighted by Crippen LogP contribution is -2.49. The number of hydrogen-bond acceptors (Lipinski definition) is 7. The van der Waals surface area contributed by atoms with Crippen LogP contribution in [0, 0.1) is 5.82 Å². The third-order valence-corrected chi connectivity index (χ3v) is 7.68. The van der Waals surface area contributed by atoms with E-state index in [-0.39, 0.29) is 36.6 Å². The zero-order valence-electron chi connectivity index (χ0n) is 21.5. The van der Waals surface area contributed by atoms with Crippen molar-refractivity contribution in [3.05, 3.63) is 65.4 Å². The molecule has 0 bridgehead atoms. The minimum Gasteiger partial charge on any atom is -0.374 e. The Kier molecular flexibility index (Phi) is 7.50. The SMILES string of the molecule is COC1(c2cc(S(=O)(=O)NC(=O)Cc3c(-c4cccnc4)cc(F)cc3C(C)C)nn2C(C)C)COC1. The van der Waals surface area contributed by atoms with Gasteiger partial charge >= 0.3 is 0 Å². The van der Waals surface area contributed by atoms with Crippen LogP contribution in [0.2, 0.25) is 0 Å². The van der Waals surface area contributed by atoms with Crippen LogP contribution in [0.25, 0.3) is 11.1 Å². The van der Waals surface area contributed by atoms with Gasteiger partial charge in [0.05, 0.1) is 25.3 Å². The van der Waals surface area contributed by atoms with E-state index in [0.717, 1.165) is 0 Å². The monoisotopic (exact) mass is 530 g/mol. The molecule has 1 amide bonds. The number of methoxy groups -OCH3 is 1. The molecule has 0 radical (unpaired) electrons. The van der Waals surface area contributed by atoms with Crippen LogP contribution < -0.4 is 4.72 Å². The van der Waals surface area contributed by atoms with Gasteiger partial charge in [-0.25, -0.2) is 9.11 Å². The lowest BCUT2D eigenvalue weighted by Gasteiger charge is -2.40. The number of halogens is 1. The Labute approximate surface area is 216 Å². The largest absolute Gasteiger partial charge is 0.374 e. The van der Waals surface area contributed by atoms with Crippen LogP contribution in [0.4, 0.5) is 4.39 Å². The average molecular weight is 531 g/mol. The maximum atomic E-state index is 14.5. The highest BCUT2D eigenvalue weighted by Gasteiger charge is 2.45. The van der Waals surface area contributed by atoms with Crippen molar-refractivity contribution in [2.24, 2.45) is 0 Å². The first kappa shape index (κ1) is 26.9. The van der Waals surface area contributed by atoms with Crippen LogP contribution in [0.3, 0.4) is 0 Å². The Morgan fingerprint density at radius 1 is 1.24 bits per heavy atom. The Hall–Kier alpha value is -3.15. The zero-order chi connectivity index (χ0) is 27.0. The van der Waals surface area contributed by atoms with Crippen LogP contribution in [0.1, 0.15) is 56.5 Å². The molecular weight excluding hydrogens is 499 g/mol. The summed E-state index contributed by atoms with van der Waals surface area (Å²) in [4.78, 5) is 17.2. The predicted octanol–water partition coefficient (Wildman–Crippen LogP) is 3.71. The number of carbonyl (C=O) groups is 1. The van der Waals surface area contributed by atoms with E-state index in [9.17, 15) is 17.6 Å². The first-order valence-electron chi connectivity index (χ1n) is 12.0. The normalized spacial score (nSPS) is 15.1. The van der Waals surface area contributed by atoms with E-state index in [0.29, 0.717) is 27.9 Å². The van der Waals surface area contributed by atoms with E-state index in [1.165, 1.54) is 25.3 Å². The van der Waals surface area contributed by atoms with Gasteiger partial charge in [0, 0.05) is 37.2 Å². The highest BCUT2D eigenvalue weighted by atomic mass is 32.2. The third kappa shape index (κ3) is 5.29. The maximum Gasteiger partial charge on any atom is 0.283 e. The van der Waals surface area contributed by atoms with Crippen molar-refractivity contribution in [1.82, 2.24) is 19.5 Å². The van der Waals surface area contributed by atoms with Gasteiger partial charge in [-0.2, -0.15) is 13.5 Å². The molecule has 0 saturated carbocycles. The fourth-order valence-electron chi connectivity index (χ4n) is 4.44. The summed E-state index contributed by atoms with van der Waals surface area (Å²) in [6.07, 6.45) is 2.90. The predicted molar refractivity (Wildman–Crippen MR) is 135 cm³/mol. The van der Waals surface area contributed by atoms with Crippen molar-refractivity contribution in [2.75, 3.05) is 20.3 Å². The summed E-state index contributed by atoms with van der Waals surface area (Å²) in [5.41, 5.74) is 2.03. The van der Waals surface area contributed by atoms with Crippen LogP contribution in [-0.4, -0.2) is 49.4 Å². The van der Waals surface area contributed by atoms with Gasteiger partial charge in [0.2, 0.25) is 5.91 Å². The molecule has 3 aromatic rings. The molecule has 1 saturated heterocycles. The molecule has 198 valence electrons. The Morgan fingerprint density at radius 2 is 1.97 bits per heavy atom. The molecular formula is C26H31FN4O5S. The Bertz CT molecular complexity index is 1390. The number of rotatable bonds is 9. The van der Waals surface area contributed by atoms with Gasteiger partial charge in [-0.05, 0) is 54.7 Å². The van der Waals surface area contributed by atoms with Crippen molar-refractivity contribution in [3.63, 3.8) is 0 Å². The molecule has 0 aliphatic carbocycles. The summed E-state index contributed by atoms with van der Waals surface area (Å²) < 4.78 is 55.6. The van der Waals surface area contributed by atoms with Crippen LogP contribution >= 0.6 is 0 Å². The van der Waals surface area contributed by atoms with Gasteiger partial charge in [0.1, 0.15) is 5.82 Å². The van der Waals surface area contributed by atoms with Gasteiger partial charge in [0.25, 0.3) is 10.0 Å². The highest BCUT2D eigenvalue weighted by molar-refractivity contribution is 7.90. The van der Waals surface area contributed by atoms with Crippen LogP contribution in [0.15, 0.2) is 47.8 Å². The number of pyridine rings is 1. The average Bonchev–Trinajstić information content (AvgIpc) is 3.27. The van der Waals surface area contributed by atoms with E-state index in [2.05, 4.69) is 14.8 Å². The number of sulfonamides is 1. The number of ether oxygens (including phenoxy) is 2. The van der Waals surface area contributed by atoms with Crippen LogP contribution in [0.5, 0.6) is 0 Å². The minimum absolute atomic E-state index is 0.107. The maximum absolute atomic E-state index is 14.5. The first-order chi connectivity index (χ1) is 17.5. The number of nitrogens with one attached hydrogen (secondary N) is 1. The fraction of sp³-hybridized carbons (Fsp3) is 0.423. The molecule has 1 fully saturated rings. The van der Waals surface area contributed by atoms with Gasteiger partial charge in [-0.15, -0.1) is 0 Å². The summed E-state index contributed by atoms with van der Waals surface area (Å²) >= 11 is 0. The van der Waals surface area contributed by atoms with Gasteiger partial charge in [-0.1, -0.05) is 19.9 Å². The second-order valence-electron chi connectivity index (χ2n) is 9.72. The minimum atomic E-state index is -4.30. The number of aromatic nitrogens is 3. The van der Waals surface area contributed by atoms with Gasteiger partial charge in [-0.3, -0.25) is 14.5 Å². The summed E-state index contributed by atoms with van der Waals surface area (Å²) in [6, 6.07) is 7.45. The summed E-state index contributed by atoms with van der Waals surface area (Å²) in [6.45, 7) is 8.05. The van der Waals surface area contributed by atoms with E-state index >= 15 is 0 Å². The van der Waals surface area contributed by atoms with Gasteiger partial charge < -0.3 is 9.47 Å². The van der Waals surface area contributed by atoms with Crippen molar-refractivity contribution in [3.8, 4) is 11.1 Å². The molecule has 3 heterocycles. The molecule has 37 heavy (non-hydrogen) atoms. The van der Waals surface area contributed by atoms with E-state index in [4.69, 9.17) is 9.47 Å². The van der Waals surface area contributed by atoms with Crippen molar-refractivity contribution in [1.29, 1.82) is 0 Å². The molecule has 0 unspecified atom stereocenters. The molecule has 4 rings (SSSR count). The second kappa shape index (κ2) is 10.3. The first-order valence-corrected chi connectivity index (χ1v) is 13.5. The van der Waals surface area contributed by atoms with Crippen molar-refractivity contribution < 1.29 is 27.1 Å². The van der Waals surface area contributed by atoms with Crippen LogP contribution in [-0.2, 0) is 36.3 Å². The zero-order valence-corrected chi connectivity index (χ0v) is 22.3. The number of benzene rings is 1. The molecule has 1 aromatic carbocycles. The third-order valence-electron chi connectivity index (χ3n) is 6.44. The molecule has 0 atom stereocenters. The molecule has 1 N–H and O–H groups in total. The molecule has 9 nitrogen and oxygen atoms in total. The summed E-state index contributed by atoms with van der Waals surface area (Å²) in [5.74, 6) is -1.31. The smallest absolute Gasteiger partial charge is 0.283 e. The summed E-state index contributed by atoms with van der Waals surface area (Å²) in [7, 11) is -2.77. The highest BCUT2D eigenvalue weighted by Crippen LogP contribution is 2.36. The lowest BCUT2D eigenvalue weighted by molar-refractivity contribution is -0.206. The van der Waals surface area contributed by atoms with E-state index in [1.54, 1.807) is 29.2 Å². The topological polar surface area (TPSA) is 112 Å². The Morgan fingerprint density at radius 3 is 2.51 bits per heavy atom. The van der Waals surface area contributed by atoms with Crippen molar-refractivity contribution >= 4 is 15.9 Å². The molecule has 1 aliphatic rings. The van der Waals surface area contributed by atoms with E-state index < -0.39 is 27.3 Å². The quantitative estimate of drug-likeness (QED) is 0.449. The number of hydrogen-bond donors (Lipinski definition) is 1. The summed E-state index contributed by atoms with van der Waals surface area (Å²) in [5, 5.41) is 3.99. The number of amides is 1. The van der Waals surface area contributed by atoms with Crippen molar-refractivity contribution in [2.45, 2.75) is 56.7 Å². The lowest BCUT2D eigenvalue weighted by atomic mass is 9.88. The molecule has 1 aliphatic heterocycles. The van der Waals surface area contributed by atoms with E-state index in [1.807, 2.05) is 27.7 Å². The fourth-order valence-corrected chi connectivity index (χ4v) is 5.38. The number of carbonyl (C=O) groups excluding carboxylic acids is 1. The molecule has 11 heteroatoms. The second-order valence-corrected chi connectivity index (χ2v) is 11.3. The standard InChI is InChI=1S/C26H31FN4O5S/c1-16(2)20-9-19(27)10-21(18-7-6-8-28-13-18)22(20)11-24(32)30-37(33,34)25-12-23(31(29-25)17(3)4)26(35-5)14-36-15-26/h6-10,12-13,16-17H,11,14-15H2,1-5H3,(H,30,32). The molecule has 2 aromatic heterocycles. The Balaban J connectivity index is 1.67. The number of nitrogens with zero attached hydrogens (tertiary/aromatic N) is 3. The van der Waals surface area contributed by atoms with Gasteiger partial charge in [0.15, 0.2) is 10.6 Å². The molecule has 0 spiro atoms.